The second-order valence-corrected chi connectivity index (χ2v) is 16.1. The molecule has 236 valence electrons. The van der Waals surface area contributed by atoms with Crippen LogP contribution in [-0.4, -0.2) is 101 Å². The summed E-state index contributed by atoms with van der Waals surface area (Å²) in [4.78, 5) is 71.8. The topological polar surface area (TPSA) is 184 Å². The second-order valence-electron chi connectivity index (χ2n) is 13.8. The summed E-state index contributed by atoms with van der Waals surface area (Å²) in [6, 6.07) is -1.38. The molecule has 7 amide bonds. The third kappa shape index (κ3) is 4.89. The van der Waals surface area contributed by atoms with Crippen molar-refractivity contribution in [1.29, 1.82) is 0 Å². The molecule has 3 saturated heterocycles. The number of urea groups is 2. The molecule has 1 atom stereocenters. The van der Waals surface area contributed by atoms with E-state index in [2.05, 4.69) is 0 Å². The molecule has 2 spiro atoms. The van der Waals surface area contributed by atoms with Gasteiger partial charge in [-0.1, -0.05) is 6.42 Å². The number of sulfone groups is 1. The van der Waals surface area contributed by atoms with Crippen molar-refractivity contribution in [3.63, 3.8) is 0 Å². The lowest BCUT2D eigenvalue weighted by atomic mass is 9.51. The van der Waals surface area contributed by atoms with Gasteiger partial charge in [0.1, 0.15) is 26.8 Å². The molecule has 6 rings (SSSR count). The lowest BCUT2D eigenvalue weighted by molar-refractivity contribution is -0.151. The molecule has 0 unspecified atom stereocenters. The number of nitrogens with two attached hydrogens (primary N) is 2. The zero-order valence-corrected chi connectivity index (χ0v) is 25.6. The first-order valence-electron chi connectivity index (χ1n) is 15.5. The molecule has 3 saturated carbocycles. The van der Waals surface area contributed by atoms with Crippen LogP contribution >= 0.6 is 0 Å². The third-order valence-corrected chi connectivity index (χ3v) is 12.8. The number of nitrogens with zero attached hydrogens (tertiary/aromatic N) is 4. The van der Waals surface area contributed by atoms with Crippen LogP contribution in [0, 0.1) is 17.3 Å². The van der Waals surface area contributed by atoms with Crippen molar-refractivity contribution in [2.24, 2.45) is 28.7 Å². The maximum Gasteiger partial charge on any atom is 0.334 e. The van der Waals surface area contributed by atoms with Crippen molar-refractivity contribution in [1.82, 2.24) is 19.6 Å². The van der Waals surface area contributed by atoms with Gasteiger partial charge in [0.25, 0.3) is 17.7 Å². The van der Waals surface area contributed by atoms with Crippen LogP contribution in [-0.2, 0) is 24.2 Å². The van der Waals surface area contributed by atoms with E-state index >= 15 is 0 Å². The zero-order chi connectivity index (χ0) is 30.9. The van der Waals surface area contributed by atoms with E-state index in [1.807, 2.05) is 0 Å². The van der Waals surface area contributed by atoms with Gasteiger partial charge in [-0.2, -0.15) is 0 Å². The van der Waals surface area contributed by atoms with Gasteiger partial charge in [0.05, 0.1) is 11.5 Å². The summed E-state index contributed by atoms with van der Waals surface area (Å²) < 4.78 is 24.3. The highest BCUT2D eigenvalue weighted by molar-refractivity contribution is 7.91. The molecule has 0 aromatic heterocycles. The number of rotatable bonds is 5. The average Bonchev–Trinajstić information content (AvgIpc) is 3.00. The van der Waals surface area contributed by atoms with E-state index in [1.54, 1.807) is 4.90 Å². The molecule has 3 heterocycles. The summed E-state index contributed by atoms with van der Waals surface area (Å²) in [5.74, 6) is -1.60. The fourth-order valence-corrected chi connectivity index (χ4v) is 9.93. The monoisotopic (exact) mass is 618 g/mol. The number of barbiturate groups is 1. The zero-order valence-electron chi connectivity index (χ0n) is 24.8. The van der Waals surface area contributed by atoms with Crippen molar-refractivity contribution >= 4 is 39.6 Å². The Balaban J connectivity index is 1.15. The Bertz CT molecular complexity index is 1390. The molecule has 3 aliphatic carbocycles. The first-order valence-corrected chi connectivity index (χ1v) is 17.3. The van der Waals surface area contributed by atoms with Crippen LogP contribution in [0.4, 0.5) is 9.59 Å². The quantitative estimate of drug-likeness (QED) is 0.260. The molecule has 0 radical (unpaired) electrons. The van der Waals surface area contributed by atoms with Crippen molar-refractivity contribution in [2.45, 2.75) is 88.6 Å². The molecule has 0 aromatic carbocycles. The predicted octanol–water partition coefficient (Wildman–Crippen LogP) is 1.28. The molecule has 6 aliphatic rings. The lowest BCUT2D eigenvalue weighted by Gasteiger charge is -2.59. The Morgan fingerprint density at radius 3 is 2.05 bits per heavy atom. The molecule has 6 fully saturated rings. The summed E-state index contributed by atoms with van der Waals surface area (Å²) >= 11 is 0. The van der Waals surface area contributed by atoms with Crippen LogP contribution in [0.2, 0.25) is 0 Å². The number of amides is 7. The smallest absolute Gasteiger partial charge is 0.334 e. The van der Waals surface area contributed by atoms with E-state index in [-0.39, 0.29) is 58.6 Å². The summed E-state index contributed by atoms with van der Waals surface area (Å²) in [5.41, 5.74) is 10.0. The van der Waals surface area contributed by atoms with Gasteiger partial charge >= 0.3 is 12.1 Å². The molecule has 14 heteroatoms. The standard InChI is InChI=1S/C29H42N6O7S/c1-32-25(38)29(34(26(32)39)15-19-6-3-12-43(41,42)13-9-19)16-28(17-29)10-7-20(8-11-28)35-24(37)21(22(30)31)23(36)33(27(35)40)14-18-4-2-5-18/h18-20H,2-17,30-31H2,1H3/t19-,20?,28?,29?/m1/s1. The third-order valence-electron chi connectivity index (χ3n) is 11.1. The number of carbonyl (C=O) groups is 5. The van der Waals surface area contributed by atoms with Crippen LogP contribution in [0.1, 0.15) is 77.0 Å². The summed E-state index contributed by atoms with van der Waals surface area (Å²) in [7, 11) is -1.57. The molecule has 3 aliphatic heterocycles. The lowest BCUT2D eigenvalue weighted by Crippen LogP contribution is -2.66. The van der Waals surface area contributed by atoms with Crippen LogP contribution in [0.15, 0.2) is 11.4 Å². The second kappa shape index (κ2) is 10.5. The average molecular weight is 619 g/mol. The molecule has 43 heavy (non-hydrogen) atoms. The minimum Gasteiger partial charge on any atom is -0.385 e. The molecular formula is C29H42N6O7S. The Morgan fingerprint density at radius 1 is 0.814 bits per heavy atom. The highest BCUT2D eigenvalue weighted by atomic mass is 32.2. The summed E-state index contributed by atoms with van der Waals surface area (Å²) in [5, 5.41) is 0. The minimum atomic E-state index is -3.08. The number of hydrogen-bond donors (Lipinski definition) is 2. The van der Waals surface area contributed by atoms with Gasteiger partial charge < -0.3 is 16.4 Å². The van der Waals surface area contributed by atoms with E-state index in [9.17, 15) is 32.4 Å². The number of likely N-dealkylation sites (N-methyl/N-ethyl adjacent to an activating group) is 1. The molecule has 0 aromatic rings. The van der Waals surface area contributed by atoms with E-state index < -0.39 is 39.3 Å². The molecule has 0 bridgehead atoms. The van der Waals surface area contributed by atoms with Crippen LogP contribution < -0.4 is 11.5 Å². The van der Waals surface area contributed by atoms with Gasteiger partial charge in [0, 0.05) is 26.2 Å². The van der Waals surface area contributed by atoms with Crippen LogP contribution in [0.3, 0.4) is 0 Å². The number of carbonyl (C=O) groups excluding carboxylic acids is 5. The van der Waals surface area contributed by atoms with Crippen LogP contribution in [0.5, 0.6) is 0 Å². The largest absolute Gasteiger partial charge is 0.385 e. The van der Waals surface area contributed by atoms with Crippen molar-refractivity contribution in [3.05, 3.63) is 11.4 Å². The van der Waals surface area contributed by atoms with Gasteiger partial charge in [0.2, 0.25) is 0 Å². The van der Waals surface area contributed by atoms with Gasteiger partial charge in [-0.05, 0) is 87.9 Å². The van der Waals surface area contributed by atoms with Gasteiger partial charge in [-0.25, -0.2) is 18.0 Å². The number of imide groups is 3. The summed E-state index contributed by atoms with van der Waals surface area (Å²) in [6.07, 6.45) is 7.96. The summed E-state index contributed by atoms with van der Waals surface area (Å²) in [6.45, 7) is 0.601. The van der Waals surface area contributed by atoms with Gasteiger partial charge in [-0.3, -0.25) is 29.1 Å². The maximum absolute atomic E-state index is 13.5. The van der Waals surface area contributed by atoms with E-state index in [0.29, 0.717) is 64.3 Å². The highest BCUT2D eigenvalue weighted by Gasteiger charge is 2.68. The van der Waals surface area contributed by atoms with Crippen molar-refractivity contribution in [2.75, 3.05) is 31.6 Å². The Kier molecular flexibility index (Phi) is 7.29. The van der Waals surface area contributed by atoms with E-state index in [1.165, 1.54) is 16.8 Å². The van der Waals surface area contributed by atoms with Crippen molar-refractivity contribution < 1.29 is 32.4 Å². The Labute approximate surface area is 251 Å². The Hall–Kier alpha value is -3.16. The fourth-order valence-electron chi connectivity index (χ4n) is 8.43. The molecule has 4 N–H and O–H groups in total. The Morgan fingerprint density at radius 2 is 1.44 bits per heavy atom. The van der Waals surface area contributed by atoms with Gasteiger partial charge in [0.15, 0.2) is 0 Å². The van der Waals surface area contributed by atoms with Gasteiger partial charge in [-0.15, -0.1) is 0 Å². The SMILES string of the molecule is CN1C(=O)N(C[C@@H]2CCCS(=O)(=O)CC2)C2(CC3(CCC(N4C(=O)C(=C(N)N)C(=O)N(CC5CCC5)C4=O)CC3)C2)C1=O. The predicted molar refractivity (Wildman–Crippen MR) is 154 cm³/mol. The van der Waals surface area contributed by atoms with E-state index in [4.69, 9.17) is 11.5 Å². The first kappa shape index (κ1) is 29.9. The van der Waals surface area contributed by atoms with Crippen molar-refractivity contribution in [3.8, 4) is 0 Å². The van der Waals surface area contributed by atoms with Crippen LogP contribution in [0.25, 0.3) is 0 Å². The minimum absolute atomic E-state index is 0.0173. The normalized spacial score (nSPS) is 35.1. The first-order chi connectivity index (χ1) is 20.3. The van der Waals surface area contributed by atoms with E-state index in [0.717, 1.165) is 24.2 Å². The number of hydrogen-bond acceptors (Lipinski definition) is 9. The fraction of sp³-hybridized carbons (Fsp3) is 0.759. The highest BCUT2D eigenvalue weighted by Crippen LogP contribution is 2.61. The molecule has 13 nitrogen and oxygen atoms in total. The molecular weight excluding hydrogens is 576 g/mol. The maximum atomic E-state index is 13.5.